The molecule has 0 radical (unpaired) electrons. The minimum Gasteiger partial charge on any atom is -0.280 e. The van der Waals surface area contributed by atoms with Gasteiger partial charge in [0.15, 0.2) is 11.3 Å². The van der Waals surface area contributed by atoms with E-state index < -0.39 is 9.84 Å². The van der Waals surface area contributed by atoms with Gasteiger partial charge in [0.1, 0.15) is 9.84 Å². The fourth-order valence-electron chi connectivity index (χ4n) is 4.53. The van der Waals surface area contributed by atoms with E-state index in [1.165, 1.54) is 0 Å². The van der Waals surface area contributed by atoms with Crippen LogP contribution >= 0.6 is 0 Å². The molecular formula is C22H20N6O2S. The summed E-state index contributed by atoms with van der Waals surface area (Å²) < 4.78 is 25.7. The van der Waals surface area contributed by atoms with Crippen LogP contribution in [0.5, 0.6) is 0 Å². The summed E-state index contributed by atoms with van der Waals surface area (Å²) in [6.07, 6.45) is 4.79. The van der Waals surface area contributed by atoms with Gasteiger partial charge in [-0.05, 0) is 31.9 Å². The van der Waals surface area contributed by atoms with E-state index in [-0.39, 0.29) is 17.4 Å². The highest BCUT2D eigenvalue weighted by Gasteiger charge is 2.29. The monoisotopic (exact) mass is 432 g/mol. The second kappa shape index (κ2) is 6.58. The number of para-hydroxylation sites is 1. The number of benzene rings is 1. The Morgan fingerprint density at radius 2 is 1.90 bits per heavy atom. The van der Waals surface area contributed by atoms with Crippen LogP contribution in [-0.4, -0.2) is 49.7 Å². The number of aryl methyl sites for hydroxylation is 1. The van der Waals surface area contributed by atoms with Gasteiger partial charge in [0.05, 0.1) is 34.3 Å². The predicted molar refractivity (Wildman–Crippen MR) is 119 cm³/mol. The summed E-state index contributed by atoms with van der Waals surface area (Å²) in [7, 11) is -2.95. The van der Waals surface area contributed by atoms with E-state index in [9.17, 15) is 8.42 Å². The Hall–Kier alpha value is -3.33. The molecule has 1 saturated heterocycles. The molecule has 5 heterocycles. The first-order valence-corrected chi connectivity index (χ1v) is 12.1. The standard InChI is InChI=1S/C22H20N6O2S/c1-13-19-20(14-6-8-31(29,30)9-7-14)25-21-17(12-24-28(21)22(19)27-26-13)16-10-15-4-2-3-5-18(15)23-11-16/h2-5,10-12,14H,6-9H2,1H3,(H,26,27). The van der Waals surface area contributed by atoms with Crippen LogP contribution in [0.4, 0.5) is 0 Å². The molecule has 1 aromatic carbocycles. The van der Waals surface area contributed by atoms with Crippen LogP contribution in [0.25, 0.3) is 38.7 Å². The Morgan fingerprint density at radius 1 is 1.10 bits per heavy atom. The van der Waals surface area contributed by atoms with Gasteiger partial charge in [-0.25, -0.2) is 13.4 Å². The normalized spacial score (nSPS) is 17.1. The molecule has 8 nitrogen and oxygen atoms in total. The molecule has 1 fully saturated rings. The minimum absolute atomic E-state index is 0.0739. The molecule has 0 spiro atoms. The van der Waals surface area contributed by atoms with Crippen LogP contribution in [0.3, 0.4) is 0 Å². The van der Waals surface area contributed by atoms with E-state index in [2.05, 4.69) is 26.3 Å². The van der Waals surface area contributed by atoms with Gasteiger partial charge < -0.3 is 0 Å². The zero-order chi connectivity index (χ0) is 21.2. The van der Waals surface area contributed by atoms with Crippen molar-refractivity contribution in [1.82, 2.24) is 29.8 Å². The molecule has 31 heavy (non-hydrogen) atoms. The van der Waals surface area contributed by atoms with Crippen molar-refractivity contribution in [1.29, 1.82) is 0 Å². The molecule has 9 heteroatoms. The summed E-state index contributed by atoms with van der Waals surface area (Å²) in [5.74, 6) is 0.470. The third-order valence-corrected chi connectivity index (χ3v) is 7.91. The van der Waals surface area contributed by atoms with Crippen molar-refractivity contribution in [3.63, 3.8) is 0 Å². The largest absolute Gasteiger partial charge is 0.280 e. The van der Waals surface area contributed by atoms with Crippen LogP contribution in [0, 0.1) is 6.92 Å². The number of pyridine rings is 1. The molecule has 5 aromatic rings. The second-order valence-electron chi connectivity index (χ2n) is 8.18. The molecule has 156 valence electrons. The zero-order valence-corrected chi connectivity index (χ0v) is 17.7. The predicted octanol–water partition coefficient (Wildman–Crippen LogP) is 3.42. The average Bonchev–Trinajstić information content (AvgIpc) is 3.37. The molecule has 0 bridgehead atoms. The van der Waals surface area contributed by atoms with Crippen LogP contribution in [-0.2, 0) is 9.84 Å². The molecule has 0 amide bonds. The zero-order valence-electron chi connectivity index (χ0n) is 16.9. The van der Waals surface area contributed by atoms with Gasteiger partial charge in [0, 0.05) is 34.3 Å². The van der Waals surface area contributed by atoms with Crippen molar-refractivity contribution < 1.29 is 8.42 Å². The van der Waals surface area contributed by atoms with E-state index in [4.69, 9.17) is 4.98 Å². The number of sulfone groups is 1. The van der Waals surface area contributed by atoms with Crippen molar-refractivity contribution in [2.24, 2.45) is 0 Å². The van der Waals surface area contributed by atoms with Crippen LogP contribution in [0.1, 0.15) is 30.1 Å². The number of hydrogen-bond acceptors (Lipinski definition) is 6. The fraction of sp³-hybridized carbons (Fsp3) is 0.273. The quantitative estimate of drug-likeness (QED) is 0.458. The summed E-state index contributed by atoms with van der Waals surface area (Å²) in [5.41, 5.74) is 5.99. The topological polar surface area (TPSA) is 106 Å². The molecule has 0 saturated carbocycles. The highest BCUT2D eigenvalue weighted by atomic mass is 32.2. The lowest BCUT2D eigenvalue weighted by Gasteiger charge is -2.22. The number of hydrogen-bond donors (Lipinski definition) is 1. The van der Waals surface area contributed by atoms with Gasteiger partial charge in [0.2, 0.25) is 0 Å². The first-order chi connectivity index (χ1) is 15.0. The summed E-state index contributed by atoms with van der Waals surface area (Å²) in [4.78, 5) is 9.63. The molecule has 0 unspecified atom stereocenters. The van der Waals surface area contributed by atoms with E-state index in [1.807, 2.05) is 37.4 Å². The molecule has 0 atom stereocenters. The van der Waals surface area contributed by atoms with Crippen molar-refractivity contribution in [2.45, 2.75) is 25.7 Å². The van der Waals surface area contributed by atoms with Gasteiger partial charge in [-0.2, -0.15) is 14.7 Å². The summed E-state index contributed by atoms with van der Waals surface area (Å²) in [5, 5.41) is 14.1. The van der Waals surface area contributed by atoms with Gasteiger partial charge >= 0.3 is 0 Å². The number of aromatic amines is 1. The van der Waals surface area contributed by atoms with Gasteiger partial charge in [0.25, 0.3) is 0 Å². The van der Waals surface area contributed by atoms with Crippen molar-refractivity contribution >= 4 is 37.4 Å². The first-order valence-electron chi connectivity index (χ1n) is 10.3. The number of aromatic nitrogens is 6. The van der Waals surface area contributed by atoms with Gasteiger partial charge in [-0.3, -0.25) is 10.1 Å². The minimum atomic E-state index is -2.95. The SMILES string of the molecule is Cc1[nH]nc2c1c(C1CCS(=O)(=O)CC1)nc1c(-c3cnc4ccccc4c3)cnn12. The lowest BCUT2D eigenvalue weighted by atomic mass is 9.95. The number of fused-ring (bicyclic) bond motifs is 4. The Labute approximate surface area is 178 Å². The maximum absolute atomic E-state index is 12.0. The number of rotatable bonds is 2. The Morgan fingerprint density at radius 3 is 2.74 bits per heavy atom. The van der Waals surface area contributed by atoms with Crippen LogP contribution in [0.2, 0.25) is 0 Å². The van der Waals surface area contributed by atoms with E-state index in [0.29, 0.717) is 24.1 Å². The fourth-order valence-corrected chi connectivity index (χ4v) is 6.02. The Balaban J connectivity index is 1.57. The number of H-pyrrole nitrogens is 1. The smallest absolute Gasteiger partial charge is 0.186 e. The van der Waals surface area contributed by atoms with E-state index in [0.717, 1.165) is 38.8 Å². The molecule has 1 aliphatic heterocycles. The third kappa shape index (κ3) is 2.91. The van der Waals surface area contributed by atoms with Gasteiger partial charge in [-0.15, -0.1) is 0 Å². The second-order valence-corrected chi connectivity index (χ2v) is 10.5. The van der Waals surface area contributed by atoms with Crippen LogP contribution < -0.4 is 0 Å². The molecule has 0 aliphatic carbocycles. The molecule has 1 aliphatic rings. The maximum atomic E-state index is 12.0. The molecular weight excluding hydrogens is 412 g/mol. The Bertz CT molecular complexity index is 1570. The third-order valence-electron chi connectivity index (χ3n) is 6.20. The van der Waals surface area contributed by atoms with E-state index >= 15 is 0 Å². The lowest BCUT2D eigenvalue weighted by Crippen LogP contribution is -2.23. The number of nitrogens with zero attached hydrogens (tertiary/aromatic N) is 5. The molecule has 4 aromatic heterocycles. The van der Waals surface area contributed by atoms with Gasteiger partial charge in [-0.1, -0.05) is 18.2 Å². The van der Waals surface area contributed by atoms with E-state index in [1.54, 1.807) is 10.7 Å². The number of nitrogens with one attached hydrogen (secondary N) is 1. The first kappa shape index (κ1) is 18.4. The lowest BCUT2D eigenvalue weighted by molar-refractivity contribution is 0.546. The maximum Gasteiger partial charge on any atom is 0.186 e. The van der Waals surface area contributed by atoms with Crippen molar-refractivity contribution in [3.8, 4) is 11.1 Å². The molecule has 6 rings (SSSR count). The average molecular weight is 433 g/mol. The van der Waals surface area contributed by atoms with Crippen molar-refractivity contribution in [2.75, 3.05) is 11.5 Å². The van der Waals surface area contributed by atoms with Crippen molar-refractivity contribution in [3.05, 3.63) is 54.1 Å². The summed E-state index contributed by atoms with van der Waals surface area (Å²) in [6.45, 7) is 1.96. The van der Waals surface area contributed by atoms with Crippen LogP contribution in [0.15, 0.2) is 42.7 Å². The Kier molecular flexibility index (Phi) is 3.92. The summed E-state index contributed by atoms with van der Waals surface area (Å²) in [6, 6.07) is 10.1. The highest BCUT2D eigenvalue weighted by Crippen LogP contribution is 2.36. The highest BCUT2D eigenvalue weighted by molar-refractivity contribution is 7.91. The molecule has 1 N–H and O–H groups in total. The summed E-state index contributed by atoms with van der Waals surface area (Å²) >= 11 is 0.